The molecule has 38 heavy (non-hydrogen) atoms. The van der Waals surface area contributed by atoms with Crippen molar-refractivity contribution >= 4 is 12.0 Å². The standard InChI is InChI=1S/C28H35F3N2O5/c1-4-5-14-38-27(2,25(34)35)17-20-9-11-24(12-10-20)37-15-13-23-19-33(26(36)32(23)3)18-21-7-6-8-22(16-21)28(29,30)31/h6-12,16,23H,4-5,13-15,17-19H2,1-3H3,(H,34,35)/t23?,27-/m0/s1. The number of urea groups is 1. The summed E-state index contributed by atoms with van der Waals surface area (Å²) in [7, 11) is 1.68. The molecule has 1 heterocycles. The van der Waals surface area contributed by atoms with E-state index < -0.39 is 23.3 Å². The molecule has 1 N–H and O–H groups in total. The summed E-state index contributed by atoms with van der Waals surface area (Å²) in [4.78, 5) is 27.5. The van der Waals surface area contributed by atoms with Gasteiger partial charge in [-0.1, -0.05) is 37.6 Å². The Kier molecular flexibility index (Phi) is 9.65. The zero-order valence-electron chi connectivity index (χ0n) is 22.0. The molecule has 0 radical (unpaired) electrons. The van der Waals surface area contributed by atoms with E-state index in [1.54, 1.807) is 37.1 Å². The van der Waals surface area contributed by atoms with E-state index in [1.165, 1.54) is 11.0 Å². The van der Waals surface area contributed by atoms with Gasteiger partial charge in [-0.15, -0.1) is 0 Å². The van der Waals surface area contributed by atoms with E-state index in [1.807, 2.05) is 19.1 Å². The van der Waals surface area contributed by atoms with Crippen LogP contribution in [-0.2, 0) is 28.7 Å². The molecule has 0 spiro atoms. The first kappa shape index (κ1) is 29.3. The van der Waals surface area contributed by atoms with E-state index in [4.69, 9.17) is 9.47 Å². The number of likely N-dealkylation sites (N-methyl/N-ethyl adjacent to an activating group) is 1. The summed E-state index contributed by atoms with van der Waals surface area (Å²) in [6.07, 6.45) is -1.95. The third kappa shape index (κ3) is 7.63. The van der Waals surface area contributed by atoms with Crippen molar-refractivity contribution in [2.75, 3.05) is 26.8 Å². The van der Waals surface area contributed by atoms with Crippen molar-refractivity contribution < 1.29 is 37.3 Å². The van der Waals surface area contributed by atoms with Gasteiger partial charge in [-0.05, 0) is 48.7 Å². The smallest absolute Gasteiger partial charge is 0.416 e. The number of benzene rings is 2. The van der Waals surface area contributed by atoms with Crippen LogP contribution in [0.4, 0.5) is 18.0 Å². The third-order valence-electron chi connectivity index (χ3n) is 6.73. The summed E-state index contributed by atoms with van der Waals surface area (Å²) < 4.78 is 50.5. The van der Waals surface area contributed by atoms with Crippen LogP contribution in [0.2, 0.25) is 0 Å². The summed E-state index contributed by atoms with van der Waals surface area (Å²) in [5, 5.41) is 9.63. The summed E-state index contributed by atoms with van der Waals surface area (Å²) in [6.45, 7) is 4.80. The number of carbonyl (C=O) groups is 2. The monoisotopic (exact) mass is 536 g/mol. The second-order valence-corrected chi connectivity index (χ2v) is 9.82. The Morgan fingerprint density at radius 2 is 1.82 bits per heavy atom. The van der Waals surface area contributed by atoms with Crippen molar-refractivity contribution in [3.05, 3.63) is 65.2 Å². The molecule has 2 atom stereocenters. The number of halogens is 3. The minimum atomic E-state index is -4.43. The Bertz CT molecular complexity index is 1090. The molecule has 0 aromatic heterocycles. The largest absolute Gasteiger partial charge is 0.494 e. The van der Waals surface area contributed by atoms with Crippen LogP contribution in [0.3, 0.4) is 0 Å². The van der Waals surface area contributed by atoms with Gasteiger partial charge >= 0.3 is 18.2 Å². The van der Waals surface area contributed by atoms with Crippen molar-refractivity contribution in [2.24, 2.45) is 0 Å². The molecule has 1 aliphatic heterocycles. The molecule has 10 heteroatoms. The van der Waals surface area contributed by atoms with Crippen LogP contribution >= 0.6 is 0 Å². The SMILES string of the molecule is CCCCO[C@@](C)(Cc1ccc(OCCC2CN(Cc3cccc(C(F)(F)F)c3)C(=O)N2C)cc1)C(=O)O. The highest BCUT2D eigenvalue weighted by atomic mass is 19.4. The molecule has 7 nitrogen and oxygen atoms in total. The lowest BCUT2D eigenvalue weighted by molar-refractivity contribution is -0.163. The van der Waals surface area contributed by atoms with Gasteiger partial charge in [-0.25, -0.2) is 9.59 Å². The van der Waals surface area contributed by atoms with Gasteiger partial charge < -0.3 is 24.4 Å². The highest BCUT2D eigenvalue weighted by molar-refractivity contribution is 5.77. The normalized spacial score (nSPS) is 17.5. The van der Waals surface area contributed by atoms with Gasteiger partial charge in [0.15, 0.2) is 5.60 Å². The highest BCUT2D eigenvalue weighted by Crippen LogP contribution is 2.30. The number of unbranched alkanes of at least 4 members (excludes halogenated alkanes) is 1. The lowest BCUT2D eigenvalue weighted by Crippen LogP contribution is -2.41. The van der Waals surface area contributed by atoms with Gasteiger partial charge in [-0.3, -0.25) is 0 Å². The molecule has 3 rings (SSSR count). The van der Waals surface area contributed by atoms with Crippen molar-refractivity contribution in [1.29, 1.82) is 0 Å². The number of carboxylic acid groups (broad SMARTS) is 1. The van der Waals surface area contributed by atoms with E-state index >= 15 is 0 Å². The average molecular weight is 537 g/mol. The molecule has 2 aromatic carbocycles. The topological polar surface area (TPSA) is 79.3 Å². The maximum atomic E-state index is 13.0. The molecule has 208 valence electrons. The second kappa shape index (κ2) is 12.5. The van der Waals surface area contributed by atoms with Crippen LogP contribution in [0.1, 0.15) is 49.8 Å². The van der Waals surface area contributed by atoms with Crippen molar-refractivity contribution in [1.82, 2.24) is 9.80 Å². The van der Waals surface area contributed by atoms with Gasteiger partial charge in [0.25, 0.3) is 0 Å². The van der Waals surface area contributed by atoms with E-state index in [0.717, 1.165) is 30.5 Å². The Balaban J connectivity index is 1.50. The number of amides is 2. The fraction of sp³-hybridized carbons (Fsp3) is 0.500. The Morgan fingerprint density at radius 1 is 1.11 bits per heavy atom. The van der Waals surface area contributed by atoms with Crippen LogP contribution < -0.4 is 4.74 Å². The summed E-state index contributed by atoms with van der Waals surface area (Å²) in [5.74, 6) is -0.392. The summed E-state index contributed by atoms with van der Waals surface area (Å²) >= 11 is 0. The summed E-state index contributed by atoms with van der Waals surface area (Å²) in [6, 6.07) is 11.8. The summed E-state index contributed by atoms with van der Waals surface area (Å²) in [5.41, 5.74) is -0.808. The number of carbonyl (C=O) groups excluding carboxylic acids is 1. The molecular weight excluding hydrogens is 501 g/mol. The first-order valence-corrected chi connectivity index (χ1v) is 12.7. The number of hydrogen-bond acceptors (Lipinski definition) is 4. The maximum absolute atomic E-state index is 13.0. The Hall–Kier alpha value is -3.27. The molecule has 2 amide bonds. The maximum Gasteiger partial charge on any atom is 0.416 e. The Morgan fingerprint density at radius 3 is 2.45 bits per heavy atom. The van der Waals surface area contributed by atoms with E-state index in [-0.39, 0.29) is 25.0 Å². The third-order valence-corrected chi connectivity index (χ3v) is 6.73. The Labute approximate surface area is 221 Å². The minimum absolute atomic E-state index is 0.101. The number of alkyl halides is 3. The van der Waals surface area contributed by atoms with Crippen LogP contribution in [0.5, 0.6) is 5.75 Å². The predicted molar refractivity (Wildman–Crippen MR) is 136 cm³/mol. The van der Waals surface area contributed by atoms with Crippen molar-refractivity contribution in [3.8, 4) is 5.75 Å². The van der Waals surface area contributed by atoms with Crippen LogP contribution in [0.15, 0.2) is 48.5 Å². The molecule has 0 bridgehead atoms. The number of carboxylic acids is 1. The molecule has 1 aliphatic rings. The zero-order valence-corrected chi connectivity index (χ0v) is 22.0. The van der Waals surface area contributed by atoms with E-state index in [2.05, 4.69) is 0 Å². The van der Waals surface area contributed by atoms with Gasteiger partial charge in [0.05, 0.1) is 18.2 Å². The number of aliphatic carboxylic acids is 1. The number of ether oxygens (including phenoxy) is 2. The lowest BCUT2D eigenvalue weighted by atomic mass is 9.96. The molecule has 2 aromatic rings. The number of hydrogen-bond donors (Lipinski definition) is 1. The van der Waals surface area contributed by atoms with Gasteiger partial charge in [0, 0.05) is 39.6 Å². The minimum Gasteiger partial charge on any atom is -0.494 e. The van der Waals surface area contributed by atoms with Gasteiger partial charge in [0.1, 0.15) is 5.75 Å². The molecule has 0 saturated carbocycles. The average Bonchev–Trinajstić information content (AvgIpc) is 3.12. The highest BCUT2D eigenvalue weighted by Gasteiger charge is 2.36. The fourth-order valence-corrected chi connectivity index (χ4v) is 4.35. The second-order valence-electron chi connectivity index (χ2n) is 9.82. The number of nitrogens with zero attached hydrogens (tertiary/aromatic N) is 2. The quantitative estimate of drug-likeness (QED) is 0.337. The zero-order chi connectivity index (χ0) is 27.9. The molecular formula is C28H35F3N2O5. The first-order chi connectivity index (χ1) is 17.9. The van der Waals surface area contributed by atoms with Gasteiger partial charge in [0.2, 0.25) is 0 Å². The van der Waals surface area contributed by atoms with Crippen molar-refractivity contribution in [2.45, 2.75) is 63.9 Å². The van der Waals surface area contributed by atoms with E-state index in [9.17, 15) is 27.9 Å². The molecule has 1 unspecified atom stereocenters. The lowest BCUT2D eigenvalue weighted by Gasteiger charge is -2.25. The van der Waals surface area contributed by atoms with Crippen LogP contribution in [-0.4, -0.2) is 65.4 Å². The first-order valence-electron chi connectivity index (χ1n) is 12.7. The fourth-order valence-electron chi connectivity index (χ4n) is 4.35. The van der Waals surface area contributed by atoms with Crippen molar-refractivity contribution in [3.63, 3.8) is 0 Å². The molecule has 1 saturated heterocycles. The van der Waals surface area contributed by atoms with Crippen LogP contribution in [0, 0.1) is 0 Å². The van der Waals surface area contributed by atoms with E-state index in [0.29, 0.717) is 37.5 Å². The number of rotatable bonds is 13. The molecule has 1 fully saturated rings. The predicted octanol–water partition coefficient (Wildman–Crippen LogP) is 5.61. The van der Waals surface area contributed by atoms with Gasteiger partial charge in [-0.2, -0.15) is 13.2 Å². The van der Waals surface area contributed by atoms with Crippen LogP contribution in [0.25, 0.3) is 0 Å². The molecule has 0 aliphatic carbocycles.